The van der Waals surface area contributed by atoms with Crippen molar-refractivity contribution in [1.29, 1.82) is 0 Å². The van der Waals surface area contributed by atoms with Crippen molar-refractivity contribution in [3.8, 4) is 5.75 Å². The number of rotatable bonds is 3. The smallest absolute Gasteiger partial charge is 0.342 e. The van der Waals surface area contributed by atoms with Crippen LogP contribution in [0.1, 0.15) is 31.1 Å². The number of amides is 2. The van der Waals surface area contributed by atoms with Crippen LogP contribution in [0.25, 0.3) is 10.8 Å². The Bertz CT molecular complexity index is 1220. The van der Waals surface area contributed by atoms with Crippen LogP contribution in [0.15, 0.2) is 60.7 Å². The molecular formula is C24H22N2O5. The van der Waals surface area contributed by atoms with Crippen LogP contribution in [-0.2, 0) is 14.3 Å². The minimum absolute atomic E-state index is 0.0330. The summed E-state index contributed by atoms with van der Waals surface area (Å²) in [6, 6.07) is 17.2. The number of esters is 1. The standard InChI is InChI=1S/C24H22N2O5/c1-14(31-22(29)17-13-12-15-8-4-5-9-16(15)20(17)27)21(28)26-19-11-7-6-10-18(19)25-23(30)24(26,2)3/h4-14,27H,1-3H3,(H,25,30)/t14-/m1/s1. The van der Waals surface area contributed by atoms with E-state index in [0.29, 0.717) is 16.8 Å². The number of hydrogen-bond donors (Lipinski definition) is 2. The molecule has 0 saturated carbocycles. The van der Waals surface area contributed by atoms with Gasteiger partial charge in [0.15, 0.2) is 6.10 Å². The maximum atomic E-state index is 13.3. The lowest BCUT2D eigenvalue weighted by Crippen LogP contribution is -2.60. The molecule has 1 aliphatic heterocycles. The van der Waals surface area contributed by atoms with Gasteiger partial charge >= 0.3 is 5.97 Å². The van der Waals surface area contributed by atoms with Crippen LogP contribution in [0.4, 0.5) is 11.4 Å². The van der Waals surface area contributed by atoms with Crippen LogP contribution < -0.4 is 10.2 Å². The number of para-hydroxylation sites is 2. The summed E-state index contributed by atoms with van der Waals surface area (Å²) in [6.45, 7) is 4.70. The molecule has 3 aromatic carbocycles. The first-order chi connectivity index (χ1) is 14.7. The quantitative estimate of drug-likeness (QED) is 0.630. The van der Waals surface area contributed by atoms with Crippen molar-refractivity contribution in [2.45, 2.75) is 32.4 Å². The van der Waals surface area contributed by atoms with E-state index >= 15 is 0 Å². The summed E-state index contributed by atoms with van der Waals surface area (Å²) in [5.74, 6) is -1.91. The Morgan fingerprint density at radius 2 is 1.71 bits per heavy atom. The van der Waals surface area contributed by atoms with Crippen molar-refractivity contribution in [2.75, 3.05) is 10.2 Å². The van der Waals surface area contributed by atoms with E-state index in [0.717, 1.165) is 5.39 Å². The fourth-order valence-corrected chi connectivity index (χ4v) is 3.72. The lowest BCUT2D eigenvalue weighted by Gasteiger charge is -2.42. The highest BCUT2D eigenvalue weighted by atomic mass is 16.5. The first-order valence-electron chi connectivity index (χ1n) is 9.88. The normalized spacial score (nSPS) is 15.7. The van der Waals surface area contributed by atoms with Crippen LogP contribution in [0, 0.1) is 0 Å². The van der Waals surface area contributed by atoms with Gasteiger partial charge in [-0.05, 0) is 44.4 Å². The van der Waals surface area contributed by atoms with Gasteiger partial charge in [0, 0.05) is 5.39 Å². The van der Waals surface area contributed by atoms with Crippen LogP contribution in [0.5, 0.6) is 5.75 Å². The molecule has 1 aliphatic rings. The van der Waals surface area contributed by atoms with Gasteiger partial charge in [-0.3, -0.25) is 14.5 Å². The Hall–Kier alpha value is -3.87. The second-order valence-corrected chi connectivity index (χ2v) is 7.93. The van der Waals surface area contributed by atoms with Gasteiger partial charge in [0.25, 0.3) is 5.91 Å². The fraction of sp³-hybridized carbons (Fsp3) is 0.208. The van der Waals surface area contributed by atoms with Gasteiger partial charge in [0.1, 0.15) is 16.9 Å². The van der Waals surface area contributed by atoms with Crippen molar-refractivity contribution in [1.82, 2.24) is 0 Å². The molecule has 0 unspecified atom stereocenters. The predicted molar refractivity (Wildman–Crippen MR) is 117 cm³/mol. The van der Waals surface area contributed by atoms with E-state index in [4.69, 9.17) is 4.74 Å². The van der Waals surface area contributed by atoms with E-state index in [1.54, 1.807) is 56.3 Å². The number of hydrogen-bond acceptors (Lipinski definition) is 5. The highest BCUT2D eigenvalue weighted by Crippen LogP contribution is 2.37. The minimum atomic E-state index is -1.18. The van der Waals surface area contributed by atoms with Crippen molar-refractivity contribution in [3.05, 3.63) is 66.2 Å². The average molecular weight is 418 g/mol. The minimum Gasteiger partial charge on any atom is -0.506 e. The third-order valence-corrected chi connectivity index (χ3v) is 5.48. The van der Waals surface area contributed by atoms with Crippen LogP contribution in [-0.4, -0.2) is 34.5 Å². The summed E-state index contributed by atoms with van der Waals surface area (Å²) in [5, 5.41) is 14.6. The Labute approximate surface area is 179 Å². The van der Waals surface area contributed by atoms with Gasteiger partial charge in [0.2, 0.25) is 5.91 Å². The average Bonchev–Trinajstić information content (AvgIpc) is 2.74. The molecule has 1 atom stereocenters. The topological polar surface area (TPSA) is 95.9 Å². The van der Waals surface area contributed by atoms with Gasteiger partial charge in [-0.25, -0.2) is 4.79 Å². The number of fused-ring (bicyclic) bond motifs is 2. The number of carbonyl (C=O) groups excluding carboxylic acids is 3. The number of aromatic hydroxyl groups is 1. The molecule has 7 nitrogen and oxygen atoms in total. The lowest BCUT2D eigenvalue weighted by molar-refractivity contribution is -0.131. The maximum Gasteiger partial charge on any atom is 0.342 e. The molecular weight excluding hydrogens is 396 g/mol. The summed E-state index contributed by atoms with van der Waals surface area (Å²) < 4.78 is 5.40. The molecule has 0 bridgehead atoms. The van der Waals surface area contributed by atoms with E-state index in [-0.39, 0.29) is 17.2 Å². The molecule has 0 aromatic heterocycles. The summed E-state index contributed by atoms with van der Waals surface area (Å²) in [5.41, 5.74) is -0.189. The van der Waals surface area contributed by atoms with E-state index in [9.17, 15) is 19.5 Å². The largest absolute Gasteiger partial charge is 0.506 e. The first-order valence-corrected chi connectivity index (χ1v) is 9.88. The number of nitrogens with zero attached hydrogens (tertiary/aromatic N) is 1. The molecule has 7 heteroatoms. The second-order valence-electron chi connectivity index (χ2n) is 7.93. The van der Waals surface area contributed by atoms with E-state index in [1.165, 1.54) is 17.9 Å². The molecule has 4 rings (SSSR count). The Morgan fingerprint density at radius 3 is 2.48 bits per heavy atom. The van der Waals surface area contributed by atoms with Crippen LogP contribution >= 0.6 is 0 Å². The molecule has 2 N–H and O–H groups in total. The molecule has 2 amide bonds. The highest BCUT2D eigenvalue weighted by molar-refractivity contribution is 6.15. The van der Waals surface area contributed by atoms with Gasteiger partial charge in [-0.1, -0.05) is 42.5 Å². The molecule has 0 spiro atoms. The predicted octanol–water partition coefficient (Wildman–Crippen LogP) is 3.85. The number of anilines is 2. The van der Waals surface area contributed by atoms with Gasteiger partial charge in [-0.2, -0.15) is 0 Å². The number of nitrogens with one attached hydrogen (secondary N) is 1. The first kappa shape index (κ1) is 20.4. The van der Waals surface area contributed by atoms with Crippen molar-refractivity contribution in [2.24, 2.45) is 0 Å². The number of benzene rings is 3. The molecule has 0 radical (unpaired) electrons. The van der Waals surface area contributed by atoms with E-state index in [2.05, 4.69) is 5.32 Å². The summed E-state index contributed by atoms with van der Waals surface area (Å²) in [6.07, 6.45) is -1.18. The Kier molecular flexibility index (Phi) is 4.89. The lowest BCUT2D eigenvalue weighted by atomic mass is 9.95. The molecule has 0 aliphatic carbocycles. The van der Waals surface area contributed by atoms with Crippen molar-refractivity contribution >= 4 is 39.9 Å². The summed E-state index contributed by atoms with van der Waals surface area (Å²) in [7, 11) is 0. The van der Waals surface area contributed by atoms with Gasteiger partial charge in [0.05, 0.1) is 11.4 Å². The summed E-state index contributed by atoms with van der Waals surface area (Å²) in [4.78, 5) is 40.0. The van der Waals surface area contributed by atoms with Gasteiger partial charge < -0.3 is 15.2 Å². The SMILES string of the molecule is C[C@@H](OC(=O)c1ccc2ccccc2c1O)C(=O)N1c2ccccc2NC(=O)C1(C)C. The van der Waals surface area contributed by atoms with Crippen molar-refractivity contribution < 1.29 is 24.2 Å². The highest BCUT2D eigenvalue weighted by Gasteiger charge is 2.45. The van der Waals surface area contributed by atoms with Crippen molar-refractivity contribution in [3.63, 3.8) is 0 Å². The van der Waals surface area contributed by atoms with E-state index in [1.807, 2.05) is 12.1 Å². The van der Waals surface area contributed by atoms with Gasteiger partial charge in [-0.15, -0.1) is 0 Å². The molecule has 0 saturated heterocycles. The molecule has 3 aromatic rings. The third kappa shape index (κ3) is 3.38. The number of ether oxygens (including phenoxy) is 1. The number of carbonyl (C=O) groups is 3. The van der Waals surface area contributed by atoms with E-state index < -0.39 is 23.5 Å². The summed E-state index contributed by atoms with van der Waals surface area (Å²) >= 11 is 0. The zero-order valence-electron chi connectivity index (χ0n) is 17.4. The number of phenols is 1. The second kappa shape index (κ2) is 7.43. The van der Waals surface area contributed by atoms with Crippen LogP contribution in [0.2, 0.25) is 0 Å². The maximum absolute atomic E-state index is 13.3. The zero-order valence-corrected chi connectivity index (χ0v) is 17.4. The molecule has 31 heavy (non-hydrogen) atoms. The molecule has 1 heterocycles. The molecule has 158 valence electrons. The third-order valence-electron chi connectivity index (χ3n) is 5.48. The number of phenolic OH excluding ortho intramolecular Hbond substituents is 1. The Morgan fingerprint density at radius 1 is 1.03 bits per heavy atom. The zero-order chi connectivity index (χ0) is 22.3. The molecule has 0 fully saturated rings. The van der Waals surface area contributed by atoms with Crippen LogP contribution in [0.3, 0.4) is 0 Å². The Balaban J connectivity index is 1.62. The fourth-order valence-electron chi connectivity index (χ4n) is 3.72. The monoisotopic (exact) mass is 418 g/mol.